The van der Waals surface area contributed by atoms with E-state index in [2.05, 4.69) is 51.5 Å². The third kappa shape index (κ3) is 9.53. The van der Waals surface area contributed by atoms with Gasteiger partial charge in [0.25, 0.3) is 12.3 Å². The number of benzene rings is 1. The molecule has 2 N–H and O–H groups in total. The van der Waals surface area contributed by atoms with Crippen molar-refractivity contribution in [1.82, 2.24) is 48.6 Å². The number of imidazole rings is 1. The van der Waals surface area contributed by atoms with Crippen LogP contribution in [0, 0.1) is 5.92 Å². The van der Waals surface area contributed by atoms with Crippen LogP contribution in [-0.4, -0.2) is 125 Å². The van der Waals surface area contributed by atoms with Crippen molar-refractivity contribution in [1.29, 1.82) is 0 Å². The zero-order valence-corrected chi connectivity index (χ0v) is 39.3. The molecule has 0 radical (unpaired) electrons. The molecule has 4 atom stereocenters. The highest BCUT2D eigenvalue weighted by molar-refractivity contribution is 6.08. The molecule has 7 heterocycles. The summed E-state index contributed by atoms with van der Waals surface area (Å²) in [6.07, 6.45) is 9.93. The van der Waals surface area contributed by atoms with Crippen LogP contribution in [0.2, 0.25) is 0 Å². The van der Waals surface area contributed by atoms with E-state index in [-0.39, 0.29) is 65.8 Å². The van der Waals surface area contributed by atoms with Crippen molar-refractivity contribution in [2.24, 2.45) is 13.0 Å². The van der Waals surface area contributed by atoms with E-state index in [4.69, 9.17) is 9.72 Å². The summed E-state index contributed by atoms with van der Waals surface area (Å²) in [5.41, 5.74) is 1.98. The smallest absolute Gasteiger partial charge is 0.329 e. The first kappa shape index (κ1) is 47.1. The number of ether oxygens (including phenoxy) is 1. The lowest BCUT2D eigenvalue weighted by Crippen LogP contribution is -2.45. The number of fused-ring (bicyclic) bond motifs is 4. The zero-order chi connectivity index (χ0) is 47.8. The summed E-state index contributed by atoms with van der Waals surface area (Å²) < 4.78 is 40.7. The van der Waals surface area contributed by atoms with Gasteiger partial charge in [0.05, 0.1) is 47.7 Å². The molecule has 5 aromatic rings. The lowest BCUT2D eigenvalue weighted by atomic mass is 9.85. The normalized spacial score (nSPS) is 22.2. The molecule has 3 aliphatic heterocycles. The molecular weight excluding hydrogens is 879 g/mol. The van der Waals surface area contributed by atoms with Crippen LogP contribution in [-0.2, 0) is 32.6 Å². The second kappa shape index (κ2) is 19.9. The van der Waals surface area contributed by atoms with Crippen LogP contribution in [0.4, 0.5) is 20.3 Å². The van der Waals surface area contributed by atoms with E-state index in [1.54, 1.807) is 22.5 Å². The van der Waals surface area contributed by atoms with E-state index < -0.39 is 30.0 Å². The largest absolute Gasteiger partial charge is 0.374 e. The van der Waals surface area contributed by atoms with Gasteiger partial charge in [0.15, 0.2) is 11.3 Å². The highest BCUT2D eigenvalue weighted by Crippen LogP contribution is 2.36. The molecule has 1 saturated carbocycles. The molecule has 68 heavy (non-hydrogen) atoms. The number of likely N-dealkylation sites (N-methyl/N-ethyl adjacent to an activating group) is 1. The first-order chi connectivity index (χ1) is 32.8. The third-order valence-corrected chi connectivity index (χ3v) is 14.7. The Morgan fingerprint density at radius 2 is 1.87 bits per heavy atom. The predicted octanol–water partition coefficient (Wildman–Crippen LogP) is 5.43. The molecule has 20 heteroatoms. The molecular formula is C48H62F2N12O6. The molecule has 3 saturated heterocycles. The minimum absolute atomic E-state index is 0.0293. The van der Waals surface area contributed by atoms with Crippen molar-refractivity contribution in [3.63, 3.8) is 0 Å². The number of nitrogens with one attached hydrogen (secondary N) is 2. The second-order valence-electron chi connectivity index (χ2n) is 19.2. The topological polar surface area (TPSA) is 186 Å². The summed E-state index contributed by atoms with van der Waals surface area (Å²) in [6, 6.07) is 6.96. The summed E-state index contributed by atoms with van der Waals surface area (Å²) in [5, 5.41) is 13.6. The van der Waals surface area contributed by atoms with E-state index in [0.29, 0.717) is 56.0 Å². The fourth-order valence-electron chi connectivity index (χ4n) is 10.7. The lowest BCUT2D eigenvalue weighted by molar-refractivity contribution is -0.136. The third-order valence-electron chi connectivity index (χ3n) is 14.7. The molecule has 4 amide bonds. The molecule has 2 bridgehead atoms. The Balaban J connectivity index is 0.773. The van der Waals surface area contributed by atoms with E-state index in [1.807, 2.05) is 29.2 Å². The van der Waals surface area contributed by atoms with Crippen LogP contribution in [0.15, 0.2) is 47.7 Å². The number of unbranched alkanes of at least 4 members (excludes halogenated alkanes) is 1. The molecule has 18 nitrogen and oxygen atoms in total. The molecule has 9 rings (SSSR count). The first-order valence-corrected chi connectivity index (χ1v) is 24.2. The summed E-state index contributed by atoms with van der Waals surface area (Å²) >= 11 is 0. The van der Waals surface area contributed by atoms with Crippen molar-refractivity contribution in [3.8, 4) is 0 Å². The number of para-hydroxylation sites is 1. The number of imide groups is 1. The molecule has 0 spiro atoms. The number of amides is 4. The number of halogens is 2. The minimum atomic E-state index is -2.89. The second-order valence-corrected chi connectivity index (χ2v) is 19.2. The van der Waals surface area contributed by atoms with Crippen molar-refractivity contribution in [3.05, 3.63) is 70.2 Å². The Labute approximate surface area is 392 Å². The van der Waals surface area contributed by atoms with Gasteiger partial charge >= 0.3 is 5.69 Å². The van der Waals surface area contributed by atoms with Crippen LogP contribution >= 0.6 is 0 Å². The van der Waals surface area contributed by atoms with Crippen LogP contribution in [0.1, 0.15) is 125 Å². The fourth-order valence-corrected chi connectivity index (χ4v) is 10.7. The summed E-state index contributed by atoms with van der Waals surface area (Å²) in [4.78, 5) is 76.6. The van der Waals surface area contributed by atoms with Crippen LogP contribution in [0.25, 0.3) is 16.7 Å². The number of aryl methyl sites for hydroxylation is 2. The van der Waals surface area contributed by atoms with E-state index >= 15 is 0 Å². The summed E-state index contributed by atoms with van der Waals surface area (Å²) in [6.45, 7) is 7.69. The molecule has 1 aliphatic carbocycles. The van der Waals surface area contributed by atoms with Crippen molar-refractivity contribution < 1.29 is 32.7 Å². The number of alkyl halides is 2. The van der Waals surface area contributed by atoms with Gasteiger partial charge in [-0.2, -0.15) is 10.2 Å². The number of anilines is 2. The van der Waals surface area contributed by atoms with Gasteiger partial charge in [-0.05, 0) is 95.4 Å². The summed E-state index contributed by atoms with van der Waals surface area (Å²) in [5.74, 6) is -0.215. The van der Waals surface area contributed by atoms with Crippen molar-refractivity contribution in [2.45, 2.75) is 128 Å². The van der Waals surface area contributed by atoms with Gasteiger partial charge in [-0.3, -0.25) is 38.3 Å². The quantitative estimate of drug-likeness (QED) is 0.107. The number of morpholine rings is 1. The van der Waals surface area contributed by atoms with Crippen molar-refractivity contribution >= 4 is 51.8 Å². The highest BCUT2D eigenvalue weighted by atomic mass is 19.3. The van der Waals surface area contributed by atoms with Gasteiger partial charge in [-0.25, -0.2) is 23.1 Å². The zero-order valence-electron chi connectivity index (χ0n) is 39.3. The number of aromatic nitrogens is 7. The Morgan fingerprint density at radius 3 is 2.59 bits per heavy atom. The number of hydrogen-bond donors (Lipinski definition) is 2. The number of carbonyl (C=O) groups is 4. The predicted molar refractivity (Wildman–Crippen MR) is 250 cm³/mol. The SMILES string of the molecule is CCCCN(C[C@H](C)N(C)C[C@H]1CC[C@H](n2cc(NC(=O)c3cnn4ccc(N5C[C@H]6C[C@@H]5CO6)nc34)c(C(F)F)n2)CC1)C(=O)CCCc1cccc2c1n(C)c(=O)n2C1CCC(=O)NC1=O. The number of rotatable bonds is 18. The Hall–Kier alpha value is -6.02. The van der Waals surface area contributed by atoms with Crippen LogP contribution in [0.3, 0.4) is 0 Å². The maximum absolute atomic E-state index is 14.4. The van der Waals surface area contributed by atoms with Gasteiger partial charge in [0.1, 0.15) is 17.4 Å². The molecule has 364 valence electrons. The highest BCUT2D eigenvalue weighted by Gasteiger charge is 2.40. The molecule has 1 unspecified atom stereocenters. The van der Waals surface area contributed by atoms with E-state index in [1.165, 1.54) is 21.5 Å². The lowest BCUT2D eigenvalue weighted by Gasteiger charge is -2.35. The molecule has 1 aromatic carbocycles. The van der Waals surface area contributed by atoms with Gasteiger partial charge in [-0.1, -0.05) is 25.5 Å². The minimum Gasteiger partial charge on any atom is -0.374 e. The van der Waals surface area contributed by atoms with E-state index in [0.717, 1.165) is 74.9 Å². The number of carbonyl (C=O) groups excluding carboxylic acids is 4. The maximum atomic E-state index is 14.4. The average Bonchev–Trinajstić information content (AvgIpc) is 4.18. The van der Waals surface area contributed by atoms with Gasteiger partial charge in [0, 0.05) is 64.5 Å². The van der Waals surface area contributed by atoms with Crippen molar-refractivity contribution in [2.75, 3.05) is 50.1 Å². The maximum Gasteiger partial charge on any atom is 0.329 e. The van der Waals surface area contributed by atoms with Crippen LogP contribution < -0.4 is 21.2 Å². The first-order valence-electron chi connectivity index (χ1n) is 24.2. The molecule has 4 fully saturated rings. The monoisotopic (exact) mass is 940 g/mol. The van der Waals surface area contributed by atoms with Crippen LogP contribution in [0.5, 0.6) is 0 Å². The van der Waals surface area contributed by atoms with Gasteiger partial charge < -0.3 is 24.8 Å². The van der Waals surface area contributed by atoms with E-state index in [9.17, 15) is 32.8 Å². The fraction of sp³-hybridized carbons (Fsp3) is 0.583. The molecule has 4 aromatic heterocycles. The Kier molecular flexibility index (Phi) is 13.8. The Bertz CT molecular complexity index is 2740. The standard InChI is InChI=1S/C48H62F2N12O6/c1-5-6-20-58(41(64)12-8-10-31-9-7-11-37-43(31)57(4)48(67)62(37)38-17-18-40(63)54-47(38)66)24-29(2)56(3)25-30-13-15-32(16-14-30)61-27-36(42(55-61)44(49)50)52-46(65)35-23-51-60-21-19-39(53-45(35)60)59-26-34-22-33(59)28-68-34/h7,9,11,19,21,23,27,29-30,32-34,38,44H,5-6,8,10,12-18,20,22,24-26,28H2,1-4H3,(H,52,65)(H,54,63,66)/t29-,30-,32-,33+,34+,38?/m0/s1. The molecule has 4 aliphatic rings. The number of hydrogen-bond acceptors (Lipinski definition) is 11. The summed E-state index contributed by atoms with van der Waals surface area (Å²) in [7, 11) is 3.78. The van der Waals surface area contributed by atoms with Gasteiger partial charge in [-0.15, -0.1) is 0 Å². The van der Waals surface area contributed by atoms with Gasteiger partial charge in [0.2, 0.25) is 17.7 Å². The number of piperidine rings is 1. The Morgan fingerprint density at radius 1 is 1.06 bits per heavy atom. The number of nitrogens with zero attached hydrogens (tertiary/aromatic N) is 10. The average molecular weight is 941 g/mol.